The van der Waals surface area contributed by atoms with E-state index in [1.165, 1.54) is 24.5 Å². The molecular weight excluding hydrogens is 251 g/mol. The van der Waals surface area contributed by atoms with E-state index in [2.05, 4.69) is 29.6 Å². The average Bonchev–Trinajstić information content (AvgIpc) is 3.31. The first-order chi connectivity index (χ1) is 9.78. The van der Waals surface area contributed by atoms with Crippen molar-refractivity contribution in [2.45, 2.75) is 24.8 Å². The van der Waals surface area contributed by atoms with Crippen LogP contribution in [0, 0.1) is 5.82 Å². The molecule has 1 aliphatic carbocycles. The maximum atomic E-state index is 13.7. The lowest BCUT2D eigenvalue weighted by molar-refractivity contribution is 0.626. The van der Waals surface area contributed by atoms with Crippen molar-refractivity contribution >= 4 is 5.69 Å². The molecule has 3 heteroatoms. The van der Waals surface area contributed by atoms with Gasteiger partial charge in [0.15, 0.2) is 0 Å². The number of hydrogen-bond donors (Lipinski definition) is 2. The van der Waals surface area contributed by atoms with Gasteiger partial charge in [-0.05, 0) is 42.0 Å². The van der Waals surface area contributed by atoms with E-state index in [1.54, 1.807) is 12.1 Å². The summed E-state index contributed by atoms with van der Waals surface area (Å²) in [6.07, 6.45) is 2.60. The fourth-order valence-corrected chi connectivity index (χ4v) is 2.46. The molecule has 2 aromatic rings. The lowest BCUT2D eigenvalue weighted by Crippen LogP contribution is -2.21. The Morgan fingerprint density at radius 2 is 1.80 bits per heavy atom. The fourth-order valence-electron chi connectivity index (χ4n) is 2.46. The molecule has 20 heavy (non-hydrogen) atoms. The molecule has 0 saturated heterocycles. The van der Waals surface area contributed by atoms with Gasteiger partial charge in [0.05, 0.1) is 11.7 Å². The van der Waals surface area contributed by atoms with Gasteiger partial charge in [0.25, 0.3) is 0 Å². The first-order valence-electron chi connectivity index (χ1n) is 7.09. The van der Waals surface area contributed by atoms with E-state index in [0.717, 1.165) is 11.5 Å². The number of halogens is 1. The third kappa shape index (κ3) is 2.83. The van der Waals surface area contributed by atoms with E-state index in [0.29, 0.717) is 12.2 Å². The van der Waals surface area contributed by atoms with Crippen LogP contribution in [0.1, 0.15) is 35.9 Å². The Morgan fingerprint density at radius 1 is 1.10 bits per heavy atom. The lowest BCUT2D eigenvalue weighted by Gasteiger charge is -2.19. The van der Waals surface area contributed by atoms with Crippen molar-refractivity contribution in [2.75, 3.05) is 11.9 Å². The lowest BCUT2D eigenvalue weighted by atomic mass is 10.0. The highest BCUT2D eigenvalue weighted by Gasteiger charge is 2.23. The molecule has 1 unspecified atom stereocenters. The molecule has 1 atom stereocenters. The zero-order chi connectivity index (χ0) is 13.9. The molecule has 1 fully saturated rings. The Morgan fingerprint density at radius 3 is 2.40 bits per heavy atom. The molecule has 0 spiro atoms. The molecule has 3 N–H and O–H groups in total. The number of para-hydroxylation sites is 1. The van der Waals surface area contributed by atoms with Gasteiger partial charge in [-0.15, -0.1) is 0 Å². The van der Waals surface area contributed by atoms with Crippen LogP contribution in [0.5, 0.6) is 0 Å². The molecule has 0 aromatic heterocycles. The van der Waals surface area contributed by atoms with E-state index in [1.807, 2.05) is 6.07 Å². The summed E-state index contributed by atoms with van der Waals surface area (Å²) >= 11 is 0. The molecule has 2 aromatic carbocycles. The number of nitrogens with one attached hydrogen (secondary N) is 1. The second kappa shape index (κ2) is 5.63. The van der Waals surface area contributed by atoms with Gasteiger partial charge in [0.1, 0.15) is 5.82 Å². The normalized spacial score (nSPS) is 15.9. The van der Waals surface area contributed by atoms with Gasteiger partial charge in [-0.1, -0.05) is 36.4 Å². The summed E-state index contributed by atoms with van der Waals surface area (Å²) in [5.74, 6) is 0.500. The summed E-state index contributed by atoms with van der Waals surface area (Å²) in [6, 6.07) is 15.1. The van der Waals surface area contributed by atoms with Crippen molar-refractivity contribution in [3.05, 3.63) is 65.5 Å². The molecule has 1 aliphatic rings. The Balaban J connectivity index is 1.77. The molecule has 0 amide bonds. The molecule has 2 nitrogen and oxygen atoms in total. The van der Waals surface area contributed by atoms with Crippen LogP contribution in [-0.4, -0.2) is 6.54 Å². The summed E-state index contributed by atoms with van der Waals surface area (Å²) in [7, 11) is 0. The quantitative estimate of drug-likeness (QED) is 0.867. The molecule has 0 aliphatic heterocycles. The third-order valence-corrected chi connectivity index (χ3v) is 3.83. The van der Waals surface area contributed by atoms with Crippen molar-refractivity contribution in [3.8, 4) is 0 Å². The summed E-state index contributed by atoms with van der Waals surface area (Å²) < 4.78 is 13.7. The zero-order valence-electron chi connectivity index (χ0n) is 11.4. The van der Waals surface area contributed by atoms with Crippen LogP contribution in [0.3, 0.4) is 0 Å². The van der Waals surface area contributed by atoms with Gasteiger partial charge >= 0.3 is 0 Å². The van der Waals surface area contributed by atoms with Crippen LogP contribution in [0.25, 0.3) is 0 Å². The van der Waals surface area contributed by atoms with Crippen LogP contribution in [0.2, 0.25) is 0 Å². The second-order valence-electron chi connectivity index (χ2n) is 5.35. The van der Waals surface area contributed by atoms with Crippen molar-refractivity contribution < 1.29 is 4.39 Å². The van der Waals surface area contributed by atoms with Gasteiger partial charge in [-0.25, -0.2) is 4.39 Å². The first kappa shape index (κ1) is 13.1. The van der Waals surface area contributed by atoms with Crippen LogP contribution < -0.4 is 11.1 Å². The van der Waals surface area contributed by atoms with E-state index in [-0.39, 0.29) is 11.9 Å². The highest BCUT2D eigenvalue weighted by molar-refractivity contribution is 5.47. The number of rotatable bonds is 5. The van der Waals surface area contributed by atoms with Gasteiger partial charge in [-0.3, -0.25) is 0 Å². The summed E-state index contributed by atoms with van der Waals surface area (Å²) in [5, 5.41) is 3.18. The van der Waals surface area contributed by atoms with Crippen molar-refractivity contribution in [3.63, 3.8) is 0 Å². The molecule has 0 bridgehead atoms. The summed E-state index contributed by atoms with van der Waals surface area (Å²) in [5.41, 5.74) is 8.82. The van der Waals surface area contributed by atoms with Crippen LogP contribution in [0.4, 0.5) is 10.1 Å². The van der Waals surface area contributed by atoms with Crippen molar-refractivity contribution in [1.82, 2.24) is 0 Å². The van der Waals surface area contributed by atoms with Crippen molar-refractivity contribution in [2.24, 2.45) is 5.73 Å². The number of hydrogen-bond acceptors (Lipinski definition) is 2. The van der Waals surface area contributed by atoms with Gasteiger partial charge in [0, 0.05) is 6.54 Å². The maximum Gasteiger partial charge on any atom is 0.146 e. The highest BCUT2D eigenvalue weighted by atomic mass is 19.1. The molecule has 104 valence electrons. The SMILES string of the molecule is NCC(Nc1ccccc1F)c1ccc(C2CC2)cc1. The minimum atomic E-state index is -0.249. The average molecular weight is 270 g/mol. The minimum Gasteiger partial charge on any atom is -0.375 e. The minimum absolute atomic E-state index is 0.0693. The van der Waals surface area contributed by atoms with Crippen LogP contribution in [-0.2, 0) is 0 Å². The van der Waals surface area contributed by atoms with E-state index < -0.39 is 0 Å². The highest BCUT2D eigenvalue weighted by Crippen LogP contribution is 2.40. The Hall–Kier alpha value is -1.87. The van der Waals surface area contributed by atoms with E-state index >= 15 is 0 Å². The third-order valence-electron chi connectivity index (χ3n) is 3.83. The first-order valence-corrected chi connectivity index (χ1v) is 7.09. The number of benzene rings is 2. The number of anilines is 1. The molecule has 3 rings (SSSR count). The summed E-state index contributed by atoms with van der Waals surface area (Å²) in [6.45, 7) is 0.428. The Kier molecular flexibility index (Phi) is 3.70. The summed E-state index contributed by atoms with van der Waals surface area (Å²) in [4.78, 5) is 0. The second-order valence-corrected chi connectivity index (χ2v) is 5.35. The smallest absolute Gasteiger partial charge is 0.146 e. The molecule has 0 heterocycles. The van der Waals surface area contributed by atoms with Crippen molar-refractivity contribution in [1.29, 1.82) is 0 Å². The number of nitrogens with two attached hydrogens (primary N) is 1. The fraction of sp³-hybridized carbons (Fsp3) is 0.294. The predicted molar refractivity (Wildman–Crippen MR) is 80.2 cm³/mol. The van der Waals surface area contributed by atoms with Crippen LogP contribution in [0.15, 0.2) is 48.5 Å². The Bertz CT molecular complexity index is 576. The van der Waals surface area contributed by atoms with E-state index in [4.69, 9.17) is 5.73 Å². The Labute approximate surface area is 118 Å². The standard InChI is InChI=1S/C17H19FN2/c18-15-3-1-2-4-16(15)20-17(11-19)14-9-7-13(8-10-14)12-5-6-12/h1-4,7-10,12,17,20H,5-6,11,19H2. The van der Waals surface area contributed by atoms with Gasteiger partial charge < -0.3 is 11.1 Å². The maximum absolute atomic E-state index is 13.7. The largest absolute Gasteiger partial charge is 0.375 e. The zero-order valence-corrected chi connectivity index (χ0v) is 11.4. The van der Waals surface area contributed by atoms with Gasteiger partial charge in [0.2, 0.25) is 0 Å². The van der Waals surface area contributed by atoms with Crippen LogP contribution >= 0.6 is 0 Å². The van der Waals surface area contributed by atoms with E-state index in [9.17, 15) is 4.39 Å². The van der Waals surface area contributed by atoms with Gasteiger partial charge in [-0.2, -0.15) is 0 Å². The topological polar surface area (TPSA) is 38.0 Å². The monoisotopic (exact) mass is 270 g/mol. The predicted octanol–water partition coefficient (Wildman–Crippen LogP) is 3.82. The molecular formula is C17H19FN2. The molecule has 0 radical (unpaired) electrons. The molecule has 1 saturated carbocycles.